The third-order valence-corrected chi connectivity index (χ3v) is 8.43. The second kappa shape index (κ2) is 17.6. The number of nitriles is 1. The molecule has 0 aliphatic heterocycles. The fourth-order valence-electron chi connectivity index (χ4n) is 4.89. The van der Waals surface area contributed by atoms with Gasteiger partial charge in [0, 0.05) is 23.5 Å². The molecule has 2 atom stereocenters. The first-order chi connectivity index (χ1) is 20.8. The minimum Gasteiger partial charge on any atom is -0.494 e. The van der Waals surface area contributed by atoms with Crippen molar-refractivity contribution < 1.29 is 14.3 Å². The minimum absolute atomic E-state index is 0.135. The monoisotopic (exact) mass is 603 g/mol. The van der Waals surface area contributed by atoms with Crippen LogP contribution in [-0.2, 0) is 4.79 Å². The predicted molar refractivity (Wildman–Crippen MR) is 174 cm³/mol. The van der Waals surface area contributed by atoms with Crippen molar-refractivity contribution in [3.8, 4) is 40.1 Å². The molecular weight excluding hydrogens is 558 g/mol. The molecular formula is C36H46ClN3O3. The molecule has 230 valence electrons. The van der Waals surface area contributed by atoms with Crippen LogP contribution in [0.25, 0.3) is 22.5 Å². The Morgan fingerprint density at radius 3 is 2.12 bits per heavy atom. The van der Waals surface area contributed by atoms with Gasteiger partial charge in [0.05, 0.1) is 17.7 Å². The van der Waals surface area contributed by atoms with Crippen LogP contribution in [0.15, 0.2) is 54.9 Å². The summed E-state index contributed by atoms with van der Waals surface area (Å²) in [7, 11) is 0. The lowest BCUT2D eigenvalue weighted by Gasteiger charge is -2.26. The Kier molecular flexibility index (Phi) is 14.0. The van der Waals surface area contributed by atoms with Crippen LogP contribution < -0.4 is 9.47 Å². The van der Waals surface area contributed by atoms with E-state index in [2.05, 4.69) is 29.9 Å². The normalized spacial score (nSPS) is 13.1. The maximum absolute atomic E-state index is 13.1. The lowest BCUT2D eigenvalue weighted by Crippen LogP contribution is -2.36. The van der Waals surface area contributed by atoms with Gasteiger partial charge in [-0.05, 0) is 67.6 Å². The zero-order chi connectivity index (χ0) is 31.1. The van der Waals surface area contributed by atoms with Crippen molar-refractivity contribution in [3.63, 3.8) is 0 Å². The number of ether oxygens (including phenoxy) is 2. The van der Waals surface area contributed by atoms with Gasteiger partial charge in [-0.1, -0.05) is 96.2 Å². The van der Waals surface area contributed by atoms with Gasteiger partial charge in [0.2, 0.25) is 0 Å². The summed E-state index contributed by atoms with van der Waals surface area (Å²) in [5, 5.41) is 10.1. The van der Waals surface area contributed by atoms with Crippen molar-refractivity contribution in [2.75, 3.05) is 6.61 Å². The molecule has 0 aliphatic rings. The van der Waals surface area contributed by atoms with Crippen molar-refractivity contribution >= 4 is 17.6 Å². The Bertz CT molecular complexity index is 1320. The van der Waals surface area contributed by atoms with Crippen molar-refractivity contribution in [2.24, 2.45) is 11.3 Å². The topological polar surface area (TPSA) is 85.1 Å². The van der Waals surface area contributed by atoms with Crippen molar-refractivity contribution in [2.45, 2.75) is 98.3 Å². The molecule has 0 spiro atoms. The summed E-state index contributed by atoms with van der Waals surface area (Å²) in [6.07, 6.45) is 16.1. The molecule has 0 fully saturated rings. The molecule has 7 heteroatoms. The van der Waals surface area contributed by atoms with Crippen LogP contribution in [0.5, 0.6) is 11.5 Å². The molecule has 0 radical (unpaired) electrons. The highest BCUT2D eigenvalue weighted by atomic mass is 35.5. The van der Waals surface area contributed by atoms with Gasteiger partial charge in [0.1, 0.15) is 11.5 Å². The van der Waals surface area contributed by atoms with Gasteiger partial charge in [-0.25, -0.2) is 14.8 Å². The zero-order valence-electron chi connectivity index (χ0n) is 26.2. The number of rotatable bonds is 18. The number of nitrogens with zero attached hydrogens (tertiary/aromatic N) is 3. The number of esters is 1. The van der Waals surface area contributed by atoms with Crippen molar-refractivity contribution in [1.82, 2.24) is 9.97 Å². The Morgan fingerprint density at radius 1 is 0.884 bits per heavy atom. The molecule has 1 aromatic heterocycles. The Morgan fingerprint density at radius 2 is 1.49 bits per heavy atom. The number of benzene rings is 2. The number of carbonyl (C=O) groups excluding carboxylic acids is 1. The lowest BCUT2D eigenvalue weighted by atomic mass is 9.76. The van der Waals surface area contributed by atoms with E-state index in [4.69, 9.17) is 21.1 Å². The third kappa shape index (κ3) is 10.1. The molecule has 0 unspecified atom stereocenters. The van der Waals surface area contributed by atoms with Crippen molar-refractivity contribution in [1.29, 1.82) is 5.26 Å². The van der Waals surface area contributed by atoms with Gasteiger partial charge in [0.25, 0.3) is 0 Å². The molecule has 0 N–H and O–H groups in total. The summed E-state index contributed by atoms with van der Waals surface area (Å²) in [6, 6.07) is 15.2. The second-order valence-electron chi connectivity index (χ2n) is 11.5. The fourth-order valence-corrected chi connectivity index (χ4v) is 5.11. The van der Waals surface area contributed by atoms with E-state index >= 15 is 0 Å². The number of carbonyl (C=O) groups is 1. The third-order valence-electron chi connectivity index (χ3n) is 8.13. The van der Waals surface area contributed by atoms with Crippen LogP contribution >= 0.6 is 11.6 Å². The van der Waals surface area contributed by atoms with Crippen LogP contribution in [0.4, 0.5) is 0 Å². The SMILES string of the molecule is CCCCCCCCOc1ccc(-c2ncc(-c3ccc(OC(=O)[C@@](C)(C#N)[C@H](C)CCCCCC)c(Cl)c3)cn2)cc1. The standard InChI is InChI=1S/C36H46ClN3O3/c1-5-7-9-11-12-14-22-42-31-19-16-28(17-20-31)34-39-24-30(25-40-34)29-18-21-33(32(37)23-29)43-35(41)36(4,26-38)27(3)15-13-10-8-6-2/h16-21,23-25,27H,5-15,22H2,1-4H3/t27-,36+/m1/s1. The maximum Gasteiger partial charge on any atom is 0.331 e. The molecule has 0 amide bonds. The number of hydrogen-bond donors (Lipinski definition) is 0. The fraction of sp³-hybridized carbons (Fsp3) is 0.500. The van der Waals surface area contributed by atoms with E-state index in [1.165, 1.54) is 32.1 Å². The van der Waals surface area contributed by atoms with Gasteiger partial charge in [-0.3, -0.25) is 0 Å². The largest absolute Gasteiger partial charge is 0.494 e. The van der Waals surface area contributed by atoms with E-state index in [-0.39, 0.29) is 16.7 Å². The number of hydrogen-bond acceptors (Lipinski definition) is 6. The smallest absolute Gasteiger partial charge is 0.331 e. The molecule has 43 heavy (non-hydrogen) atoms. The summed E-state index contributed by atoms with van der Waals surface area (Å²) >= 11 is 6.52. The summed E-state index contributed by atoms with van der Waals surface area (Å²) < 4.78 is 11.5. The van der Waals surface area contributed by atoms with Crippen LogP contribution in [0.3, 0.4) is 0 Å². The van der Waals surface area contributed by atoms with Gasteiger partial charge in [0.15, 0.2) is 11.2 Å². The number of unbranched alkanes of at least 4 members (excludes halogenated alkanes) is 8. The van der Waals surface area contributed by atoms with Gasteiger partial charge in [-0.2, -0.15) is 5.26 Å². The lowest BCUT2D eigenvalue weighted by molar-refractivity contribution is -0.144. The first-order valence-electron chi connectivity index (χ1n) is 15.8. The maximum atomic E-state index is 13.1. The summed E-state index contributed by atoms with van der Waals surface area (Å²) in [5.74, 6) is 0.971. The molecule has 6 nitrogen and oxygen atoms in total. The van der Waals surface area contributed by atoms with Gasteiger partial charge in [-0.15, -0.1) is 0 Å². The zero-order valence-corrected chi connectivity index (χ0v) is 27.0. The summed E-state index contributed by atoms with van der Waals surface area (Å²) in [6.45, 7) is 8.70. The second-order valence-corrected chi connectivity index (χ2v) is 11.9. The highest BCUT2D eigenvalue weighted by Gasteiger charge is 2.41. The molecule has 2 aromatic carbocycles. The number of aromatic nitrogens is 2. The van der Waals surface area contributed by atoms with Gasteiger partial charge < -0.3 is 9.47 Å². The predicted octanol–water partition coefficient (Wildman–Crippen LogP) is 10.2. The molecule has 3 aromatic rings. The van der Waals surface area contributed by atoms with E-state index in [1.54, 1.807) is 37.5 Å². The minimum atomic E-state index is -1.25. The van der Waals surface area contributed by atoms with Gasteiger partial charge >= 0.3 is 5.97 Å². The quantitative estimate of drug-likeness (QED) is 0.0816. The van der Waals surface area contributed by atoms with E-state index in [9.17, 15) is 10.1 Å². The van der Waals surface area contributed by atoms with E-state index < -0.39 is 11.4 Å². The highest BCUT2D eigenvalue weighted by Crippen LogP contribution is 2.36. The molecule has 0 bridgehead atoms. The molecule has 0 saturated carbocycles. The summed E-state index contributed by atoms with van der Waals surface area (Å²) in [4.78, 5) is 22.2. The van der Waals surface area contributed by atoms with E-state index in [0.29, 0.717) is 5.82 Å². The first kappa shape index (κ1) is 34.1. The molecule has 3 rings (SSSR count). The Balaban J connectivity index is 1.57. The van der Waals surface area contributed by atoms with Crippen LogP contribution in [0, 0.1) is 22.7 Å². The Hall–Kier alpha value is -3.43. The molecule has 0 saturated heterocycles. The molecule has 0 aliphatic carbocycles. The number of halogens is 1. The average molecular weight is 604 g/mol. The van der Waals surface area contributed by atoms with Crippen LogP contribution in [0.2, 0.25) is 5.02 Å². The van der Waals surface area contributed by atoms with Crippen molar-refractivity contribution in [3.05, 3.63) is 59.9 Å². The molecule has 1 heterocycles. The average Bonchev–Trinajstić information content (AvgIpc) is 3.03. The Labute approximate surface area is 262 Å². The first-order valence-corrected chi connectivity index (χ1v) is 16.2. The van der Waals surface area contributed by atoms with E-state index in [1.807, 2.05) is 31.2 Å². The highest BCUT2D eigenvalue weighted by molar-refractivity contribution is 6.32. The van der Waals surface area contributed by atoms with Crippen LogP contribution in [-0.4, -0.2) is 22.5 Å². The summed E-state index contributed by atoms with van der Waals surface area (Å²) in [5.41, 5.74) is 1.22. The van der Waals surface area contributed by atoms with Crippen LogP contribution in [0.1, 0.15) is 98.3 Å². The van der Waals surface area contributed by atoms with E-state index in [0.717, 1.165) is 67.6 Å².